The second-order valence-corrected chi connectivity index (χ2v) is 26.4. The number of hydrogen-bond donors (Lipinski definition) is 0. The molecular weight excluding hydrogens is 1070 g/mol. The van der Waals surface area contributed by atoms with Crippen molar-refractivity contribution in [2.45, 2.75) is 90.0 Å². The first-order valence-electron chi connectivity index (χ1n) is 31.1. The highest BCUT2D eigenvalue weighted by Crippen LogP contribution is 2.51. The van der Waals surface area contributed by atoms with Crippen molar-refractivity contribution in [2.24, 2.45) is 0 Å². The Morgan fingerprint density at radius 3 is 1.02 bits per heavy atom. The van der Waals surface area contributed by atoms with Gasteiger partial charge in [0.2, 0.25) is 0 Å². The number of fused-ring (bicyclic) bond motifs is 12. The van der Waals surface area contributed by atoms with Gasteiger partial charge in [-0.1, -0.05) is 119 Å². The summed E-state index contributed by atoms with van der Waals surface area (Å²) in [4.78, 5) is 5.09. The maximum atomic E-state index is 7.81. The van der Waals surface area contributed by atoms with E-state index in [1.807, 2.05) is 0 Å². The summed E-state index contributed by atoms with van der Waals surface area (Å²) in [7, 11) is 0. The van der Waals surface area contributed by atoms with Crippen LogP contribution in [0.4, 0.5) is 34.1 Å². The molecule has 0 radical (unpaired) electrons. The molecule has 0 amide bonds. The van der Waals surface area contributed by atoms with Crippen LogP contribution in [-0.4, -0.2) is 20.1 Å². The van der Waals surface area contributed by atoms with Gasteiger partial charge in [0.05, 0.1) is 11.4 Å². The maximum Gasteiger partial charge on any atom is 0.260 e. The van der Waals surface area contributed by atoms with Gasteiger partial charge in [0.1, 0.15) is 46.0 Å². The van der Waals surface area contributed by atoms with Crippen molar-refractivity contribution in [1.82, 2.24) is 0 Å². The maximum absolute atomic E-state index is 7.81. The summed E-state index contributed by atoms with van der Waals surface area (Å²) in [5.41, 5.74) is 37.4. The van der Waals surface area contributed by atoms with Gasteiger partial charge < -0.3 is 28.7 Å². The Labute approximate surface area is 517 Å². The minimum absolute atomic E-state index is 0.130. The summed E-state index contributed by atoms with van der Waals surface area (Å²) in [6.45, 7) is 28.4. The van der Waals surface area contributed by atoms with E-state index in [-0.39, 0.29) is 20.1 Å². The Kier molecular flexibility index (Phi) is 11.2. The van der Waals surface area contributed by atoms with Gasteiger partial charge in [-0.3, -0.25) is 0 Å². The molecule has 0 aromatic heterocycles. The Bertz CT molecular complexity index is 4930. The molecule has 11 aromatic rings. The molecule has 0 N–H and O–H groups in total. The molecule has 0 saturated heterocycles. The lowest BCUT2D eigenvalue weighted by atomic mass is 9.29. The van der Waals surface area contributed by atoms with E-state index < -0.39 is 0 Å². The molecule has 17 rings (SSSR count). The van der Waals surface area contributed by atoms with E-state index in [0.29, 0.717) is 0 Å². The number of benzene rings is 11. The van der Waals surface area contributed by atoms with Gasteiger partial charge in [-0.05, 0) is 255 Å². The second-order valence-electron chi connectivity index (χ2n) is 26.4. The third-order valence-electron chi connectivity index (χ3n) is 19.9. The normalized spacial score (nSPS) is 13.8. The molecule has 88 heavy (non-hydrogen) atoms. The quantitative estimate of drug-likeness (QED) is 0.164. The number of para-hydroxylation sites is 2. The first-order chi connectivity index (χ1) is 42.4. The van der Waals surface area contributed by atoms with Gasteiger partial charge in [-0.25, -0.2) is 0 Å². The predicted molar refractivity (Wildman–Crippen MR) is 368 cm³/mol. The zero-order chi connectivity index (χ0) is 60.2. The van der Waals surface area contributed by atoms with Gasteiger partial charge in [0.25, 0.3) is 20.1 Å². The molecule has 0 saturated carbocycles. The first kappa shape index (κ1) is 52.7. The predicted octanol–water partition coefficient (Wildman–Crippen LogP) is 14.6. The van der Waals surface area contributed by atoms with Crippen molar-refractivity contribution >= 4 is 103 Å². The number of rotatable bonds is 4. The van der Waals surface area contributed by atoms with Crippen LogP contribution in [0.25, 0.3) is 22.3 Å². The second kappa shape index (κ2) is 18.7. The minimum Gasteiger partial charge on any atom is -0.458 e. The van der Waals surface area contributed by atoms with Crippen molar-refractivity contribution in [3.63, 3.8) is 0 Å². The minimum atomic E-state index is -0.271. The summed E-state index contributed by atoms with van der Waals surface area (Å²) < 4.78 is 29.4. The Balaban J connectivity index is 0.983. The molecule has 0 bridgehead atoms. The van der Waals surface area contributed by atoms with Gasteiger partial charge in [-0.15, -0.1) is 0 Å². The molecule has 11 aromatic carbocycles. The molecule has 0 spiro atoms. The van der Waals surface area contributed by atoms with Crippen LogP contribution in [0.5, 0.6) is 46.0 Å². The van der Waals surface area contributed by atoms with Crippen LogP contribution < -0.4 is 77.9 Å². The number of anilines is 6. The topological polar surface area (TPSA) is 43.4 Å². The van der Waals surface area contributed by atoms with E-state index >= 15 is 0 Å². The summed E-state index contributed by atoms with van der Waals surface area (Å²) >= 11 is 0. The summed E-state index contributed by atoms with van der Waals surface area (Å²) in [5, 5.41) is 0. The van der Waals surface area contributed by atoms with Crippen molar-refractivity contribution in [2.75, 3.05) is 9.80 Å². The van der Waals surface area contributed by atoms with E-state index in [1.165, 1.54) is 100.0 Å². The van der Waals surface area contributed by atoms with Crippen molar-refractivity contribution in [3.8, 4) is 68.2 Å². The highest BCUT2D eigenvalue weighted by Gasteiger charge is 2.50. The molecule has 9 heteroatoms. The lowest BCUT2D eigenvalue weighted by molar-refractivity contribution is 0.465. The average molecular weight is 1140 g/mol. The number of ether oxygens (including phenoxy) is 4. The molecule has 6 heterocycles. The van der Waals surface area contributed by atoms with Crippen LogP contribution in [0, 0.1) is 90.0 Å². The van der Waals surface area contributed by atoms with Gasteiger partial charge >= 0.3 is 0 Å². The fourth-order valence-corrected chi connectivity index (χ4v) is 17.1. The molecule has 6 nitrogen and oxygen atoms in total. The average Bonchev–Trinajstić information content (AvgIpc) is 0.697. The first-order valence-corrected chi connectivity index (χ1v) is 31.1. The summed E-state index contributed by atoms with van der Waals surface area (Å²) in [6, 6.07) is 59.5. The van der Waals surface area contributed by atoms with Crippen LogP contribution in [0.3, 0.4) is 0 Å². The van der Waals surface area contributed by atoms with Crippen LogP contribution >= 0.6 is 0 Å². The van der Waals surface area contributed by atoms with Crippen LogP contribution in [0.15, 0.2) is 158 Å². The van der Waals surface area contributed by atoms with E-state index in [2.05, 4.69) is 258 Å². The Morgan fingerprint density at radius 1 is 0.250 bits per heavy atom. The zero-order valence-corrected chi connectivity index (χ0v) is 52.3. The van der Waals surface area contributed by atoms with Gasteiger partial charge in [-0.2, -0.15) is 0 Å². The standard InChI is InChI=1S/C79H65B3N2O4/c1-40-22-45(6)73(46(7)23-40)53-32-64-76-70(33-53)87-68-38-61-57(80-55-18-14-16-20-65(55)85-69-31-44(5)30-63(75(69)80)83(61)78-49(10)26-42(3)27-50(78)11)36-60(68)82(76)58-37-59-67(39-62(58)84(64)79-51(12)28-43(4)29-52(79)13)88-72-35-54(74-47(8)24-41(2)25-48(74)9)34-71-77(72)81(59)56-19-15-17-21-66(56)86-71/h14-39H,1-13H3. The van der Waals surface area contributed by atoms with E-state index in [0.717, 1.165) is 124 Å². The van der Waals surface area contributed by atoms with Crippen molar-refractivity contribution < 1.29 is 18.9 Å². The Morgan fingerprint density at radius 2 is 0.580 bits per heavy atom. The molecular formula is C79H65B3N2O4. The molecule has 0 unspecified atom stereocenters. The monoisotopic (exact) mass is 1140 g/mol. The fraction of sp³-hybridized carbons (Fsp3) is 0.165. The third-order valence-corrected chi connectivity index (χ3v) is 19.9. The summed E-state index contributed by atoms with van der Waals surface area (Å²) in [6.07, 6.45) is 0. The molecule has 6 aliphatic rings. The largest absolute Gasteiger partial charge is 0.458 e. The van der Waals surface area contributed by atoms with Gasteiger partial charge in [0, 0.05) is 40.3 Å². The van der Waals surface area contributed by atoms with Crippen LogP contribution in [0.2, 0.25) is 0 Å². The number of nitrogens with zero attached hydrogens (tertiary/aromatic N) is 2. The van der Waals surface area contributed by atoms with E-state index in [9.17, 15) is 0 Å². The van der Waals surface area contributed by atoms with Crippen molar-refractivity contribution in [1.29, 1.82) is 0 Å². The highest BCUT2D eigenvalue weighted by molar-refractivity contribution is 7.03. The molecule has 6 aliphatic heterocycles. The molecule has 424 valence electrons. The Hall–Kier alpha value is -9.59. The lowest BCUT2D eigenvalue weighted by Gasteiger charge is -2.44. The molecule has 0 atom stereocenters. The highest BCUT2D eigenvalue weighted by atomic mass is 16.5. The van der Waals surface area contributed by atoms with E-state index in [1.54, 1.807) is 0 Å². The number of hydrogen-bond acceptors (Lipinski definition) is 6. The van der Waals surface area contributed by atoms with Crippen LogP contribution in [0.1, 0.15) is 72.3 Å². The van der Waals surface area contributed by atoms with E-state index in [4.69, 9.17) is 18.9 Å². The SMILES string of the molecule is Cc1cc(C)c(-c2cc3c4c(c2)Oc2cc5c(cc2B4c2ccccc2O3)B2c3cc4c(cc3Oc3cc(-c6c(C)cc(C)cc6C)cc(c32)N5c2c(C)cc(C)cc2C)N(c2c(C)cc(C)cc2C)c2cc(C)cc3c2B4c2ccccc2O3)c(C)c1. The van der Waals surface area contributed by atoms with Crippen molar-refractivity contribution in [3.05, 3.63) is 230 Å². The lowest BCUT2D eigenvalue weighted by Crippen LogP contribution is -2.64. The zero-order valence-electron chi connectivity index (χ0n) is 52.3. The third kappa shape index (κ3) is 7.52. The molecule has 0 fully saturated rings. The van der Waals surface area contributed by atoms with Crippen LogP contribution in [-0.2, 0) is 0 Å². The molecule has 0 aliphatic carbocycles. The fourth-order valence-electron chi connectivity index (χ4n) is 17.1. The number of aryl methyl sites for hydroxylation is 13. The summed E-state index contributed by atoms with van der Waals surface area (Å²) in [5.74, 6) is 6.82. The van der Waals surface area contributed by atoms with Gasteiger partial charge in [0.15, 0.2) is 0 Å². The smallest absolute Gasteiger partial charge is 0.260 e.